The number of aromatic nitrogens is 1. The molecule has 0 amide bonds. The summed E-state index contributed by atoms with van der Waals surface area (Å²) in [5.41, 5.74) is 7.06. The molecular formula is C14H27IN4OS. The first kappa shape index (κ1) is 20.6. The molecule has 0 saturated heterocycles. The van der Waals surface area contributed by atoms with Crippen LogP contribution in [0.1, 0.15) is 38.4 Å². The Morgan fingerprint density at radius 1 is 1.52 bits per heavy atom. The molecule has 0 fully saturated rings. The molecule has 0 aliphatic carbocycles. The highest BCUT2D eigenvalue weighted by molar-refractivity contribution is 14.0. The van der Waals surface area contributed by atoms with Crippen molar-refractivity contribution in [1.29, 1.82) is 0 Å². The van der Waals surface area contributed by atoms with Crippen LogP contribution in [0, 0.1) is 0 Å². The Hall–Kier alpha value is -0.410. The van der Waals surface area contributed by atoms with Crippen molar-refractivity contribution in [3.63, 3.8) is 0 Å². The predicted octanol–water partition coefficient (Wildman–Crippen LogP) is 2.54. The number of thiazole rings is 1. The Balaban J connectivity index is 0.00000400. The Labute approximate surface area is 148 Å². The highest BCUT2D eigenvalue weighted by Crippen LogP contribution is 2.23. The molecule has 3 N–H and O–H groups in total. The highest BCUT2D eigenvalue weighted by atomic mass is 127. The van der Waals surface area contributed by atoms with Gasteiger partial charge >= 0.3 is 0 Å². The minimum Gasteiger partial charge on any atom is -0.383 e. The lowest BCUT2D eigenvalue weighted by Gasteiger charge is -2.14. The van der Waals surface area contributed by atoms with Gasteiger partial charge in [-0.3, -0.25) is 4.99 Å². The normalized spacial score (nSPS) is 13.7. The third-order valence-electron chi connectivity index (χ3n) is 2.74. The van der Waals surface area contributed by atoms with E-state index < -0.39 is 0 Å². The van der Waals surface area contributed by atoms with Gasteiger partial charge in [-0.15, -0.1) is 35.3 Å². The first-order chi connectivity index (χ1) is 9.32. The molecule has 21 heavy (non-hydrogen) atoms. The molecule has 7 heteroatoms. The lowest BCUT2D eigenvalue weighted by atomic mass is 9.93. The number of halogens is 1. The van der Waals surface area contributed by atoms with Gasteiger partial charge in [0, 0.05) is 36.9 Å². The van der Waals surface area contributed by atoms with Gasteiger partial charge in [-0.2, -0.15) is 0 Å². The summed E-state index contributed by atoms with van der Waals surface area (Å²) in [7, 11) is 1.67. The van der Waals surface area contributed by atoms with Gasteiger partial charge in [0.15, 0.2) is 5.96 Å². The lowest BCUT2D eigenvalue weighted by Crippen LogP contribution is -2.40. The van der Waals surface area contributed by atoms with Crippen LogP contribution in [-0.4, -0.2) is 37.2 Å². The Morgan fingerprint density at radius 3 is 2.71 bits per heavy atom. The molecule has 0 spiro atoms. The number of guanidine groups is 1. The molecule has 122 valence electrons. The maximum atomic E-state index is 5.81. The number of rotatable bonds is 6. The van der Waals surface area contributed by atoms with Crippen molar-refractivity contribution in [1.82, 2.24) is 10.3 Å². The number of nitrogens with one attached hydrogen (secondary N) is 1. The van der Waals surface area contributed by atoms with Crippen molar-refractivity contribution in [2.75, 3.05) is 20.3 Å². The molecule has 1 aromatic heterocycles. The molecule has 0 aliphatic rings. The fraction of sp³-hybridized carbons (Fsp3) is 0.714. The predicted molar refractivity (Wildman–Crippen MR) is 101 cm³/mol. The molecule has 0 radical (unpaired) electrons. The van der Waals surface area contributed by atoms with Crippen molar-refractivity contribution in [3.05, 3.63) is 16.1 Å². The highest BCUT2D eigenvalue weighted by Gasteiger charge is 2.17. The second-order valence-corrected chi connectivity index (χ2v) is 6.84. The van der Waals surface area contributed by atoms with Crippen molar-refractivity contribution in [3.8, 4) is 0 Å². The number of hydrogen-bond donors (Lipinski definition) is 2. The quantitative estimate of drug-likeness (QED) is 0.417. The monoisotopic (exact) mass is 426 g/mol. The Morgan fingerprint density at radius 2 is 2.19 bits per heavy atom. The number of nitrogens with zero attached hydrogens (tertiary/aromatic N) is 2. The summed E-state index contributed by atoms with van der Waals surface area (Å²) in [6.07, 6.45) is 0.821. The zero-order chi connectivity index (χ0) is 15.2. The second-order valence-electron chi connectivity index (χ2n) is 5.89. The Bertz CT molecular complexity index is 442. The number of hydrogen-bond acceptors (Lipinski definition) is 4. The standard InChI is InChI=1S/C14H26N4OS.HI/c1-10(8-19-5)17-13(15)16-7-6-12-18-11(9-20-12)14(2,3)4;/h9-10H,6-8H2,1-5H3,(H3,15,16,17);1H. The first-order valence-corrected chi connectivity index (χ1v) is 7.71. The van der Waals surface area contributed by atoms with E-state index in [0.717, 1.165) is 17.1 Å². The summed E-state index contributed by atoms with van der Waals surface area (Å²) in [5, 5.41) is 6.32. The fourth-order valence-electron chi connectivity index (χ4n) is 1.63. The molecular weight excluding hydrogens is 399 g/mol. The van der Waals surface area contributed by atoms with Crippen molar-refractivity contribution >= 4 is 41.3 Å². The van der Waals surface area contributed by atoms with E-state index in [-0.39, 0.29) is 35.4 Å². The topological polar surface area (TPSA) is 72.5 Å². The number of nitrogens with two attached hydrogens (primary N) is 1. The van der Waals surface area contributed by atoms with Crippen LogP contribution in [0.25, 0.3) is 0 Å². The summed E-state index contributed by atoms with van der Waals surface area (Å²) >= 11 is 1.69. The van der Waals surface area contributed by atoms with Crippen LogP contribution in [0.5, 0.6) is 0 Å². The summed E-state index contributed by atoms with van der Waals surface area (Å²) in [5.74, 6) is 0.460. The molecule has 1 aromatic rings. The summed E-state index contributed by atoms with van der Waals surface area (Å²) in [6, 6.07) is 0.163. The summed E-state index contributed by atoms with van der Waals surface area (Å²) in [6.45, 7) is 9.77. The van der Waals surface area contributed by atoms with E-state index in [1.807, 2.05) is 6.92 Å². The first-order valence-electron chi connectivity index (χ1n) is 6.83. The molecule has 1 heterocycles. The van der Waals surface area contributed by atoms with Crippen LogP contribution < -0.4 is 11.1 Å². The van der Waals surface area contributed by atoms with Crippen LogP contribution in [0.3, 0.4) is 0 Å². The van der Waals surface area contributed by atoms with E-state index in [1.54, 1.807) is 18.4 Å². The van der Waals surface area contributed by atoms with Crippen LogP contribution in [0.15, 0.2) is 10.4 Å². The third kappa shape index (κ3) is 7.96. The zero-order valence-corrected chi connectivity index (χ0v) is 16.6. The molecule has 5 nitrogen and oxygen atoms in total. The largest absolute Gasteiger partial charge is 0.383 e. The van der Waals surface area contributed by atoms with Gasteiger partial charge in [0.1, 0.15) is 0 Å². The fourth-order valence-corrected chi connectivity index (χ4v) is 2.65. The van der Waals surface area contributed by atoms with Gasteiger partial charge in [-0.25, -0.2) is 4.98 Å². The van der Waals surface area contributed by atoms with E-state index in [0.29, 0.717) is 19.1 Å². The average molecular weight is 426 g/mol. The second kappa shape index (κ2) is 9.58. The molecule has 1 atom stereocenters. The van der Waals surface area contributed by atoms with E-state index >= 15 is 0 Å². The van der Waals surface area contributed by atoms with Crippen LogP contribution in [0.4, 0.5) is 0 Å². The van der Waals surface area contributed by atoms with Gasteiger partial charge in [-0.1, -0.05) is 20.8 Å². The molecule has 0 saturated carbocycles. The SMILES string of the molecule is COCC(C)NC(N)=NCCc1nc(C(C)(C)C)cs1.I. The van der Waals surface area contributed by atoms with Gasteiger partial charge in [0.05, 0.1) is 17.3 Å². The molecule has 1 unspecified atom stereocenters. The minimum absolute atomic E-state index is 0. The molecule has 0 aromatic carbocycles. The Kier molecular flexibility index (Phi) is 9.39. The van der Waals surface area contributed by atoms with Gasteiger partial charge in [0.2, 0.25) is 0 Å². The third-order valence-corrected chi connectivity index (χ3v) is 3.65. The van der Waals surface area contributed by atoms with E-state index in [2.05, 4.69) is 41.4 Å². The van der Waals surface area contributed by atoms with Gasteiger partial charge in [0.25, 0.3) is 0 Å². The smallest absolute Gasteiger partial charge is 0.188 e. The van der Waals surface area contributed by atoms with Crippen molar-refractivity contribution < 1.29 is 4.74 Å². The van der Waals surface area contributed by atoms with Gasteiger partial charge < -0.3 is 15.8 Å². The van der Waals surface area contributed by atoms with Crippen LogP contribution in [0.2, 0.25) is 0 Å². The number of ether oxygens (including phenoxy) is 1. The van der Waals surface area contributed by atoms with Gasteiger partial charge in [-0.05, 0) is 6.92 Å². The summed E-state index contributed by atoms with van der Waals surface area (Å²) in [4.78, 5) is 8.94. The van der Waals surface area contributed by atoms with E-state index in [4.69, 9.17) is 10.5 Å². The van der Waals surface area contributed by atoms with E-state index in [1.165, 1.54) is 0 Å². The molecule has 0 aliphatic heterocycles. The maximum Gasteiger partial charge on any atom is 0.188 e. The van der Waals surface area contributed by atoms with Crippen molar-refractivity contribution in [2.24, 2.45) is 10.7 Å². The lowest BCUT2D eigenvalue weighted by molar-refractivity contribution is 0.179. The van der Waals surface area contributed by atoms with E-state index in [9.17, 15) is 0 Å². The zero-order valence-electron chi connectivity index (χ0n) is 13.5. The minimum atomic E-state index is 0. The number of methoxy groups -OCH3 is 1. The summed E-state index contributed by atoms with van der Waals surface area (Å²) < 4.78 is 5.03. The number of aliphatic imine (C=N–C) groups is 1. The average Bonchev–Trinajstić information content (AvgIpc) is 2.77. The molecule has 1 rings (SSSR count). The molecule has 0 bridgehead atoms. The van der Waals surface area contributed by atoms with Crippen LogP contribution in [-0.2, 0) is 16.6 Å². The van der Waals surface area contributed by atoms with Crippen LogP contribution >= 0.6 is 35.3 Å². The van der Waals surface area contributed by atoms with Crippen molar-refractivity contribution in [2.45, 2.75) is 45.6 Å². The maximum absolute atomic E-state index is 5.81.